The third kappa shape index (κ3) is 3.58. The first kappa shape index (κ1) is 24.8. The standard InChI is InChI=1S/C44H28/c1-5-17-29(18-6-1)37-33-25-13-14-26-34(33)42-39(31-21-9-3-10-22-31)38(30-19-7-2-8-20-30)40(32-23-11-4-12-24-32)43-36-28-16-15-27-35(36)41(37)44(42)43/h1-28H. The van der Waals surface area contributed by atoms with E-state index in [1.807, 2.05) is 0 Å². The second-order valence-corrected chi connectivity index (χ2v) is 11.6. The van der Waals surface area contributed by atoms with Crippen molar-refractivity contribution in [2.24, 2.45) is 0 Å². The molecule has 0 aromatic heterocycles. The molecule has 0 atom stereocenters. The molecule has 0 saturated heterocycles. The summed E-state index contributed by atoms with van der Waals surface area (Å²) in [4.78, 5) is 0. The Morgan fingerprint density at radius 2 is 0.545 bits per heavy atom. The van der Waals surface area contributed by atoms with Crippen molar-refractivity contribution in [1.29, 1.82) is 0 Å². The number of hydrogen-bond acceptors (Lipinski definition) is 0. The summed E-state index contributed by atoms with van der Waals surface area (Å²) >= 11 is 0. The minimum Gasteiger partial charge on any atom is -0.0622 e. The topological polar surface area (TPSA) is 0 Å². The summed E-state index contributed by atoms with van der Waals surface area (Å²) in [6.07, 6.45) is 0. The van der Waals surface area contributed by atoms with Gasteiger partial charge >= 0.3 is 0 Å². The Morgan fingerprint density at radius 3 is 1.05 bits per heavy atom. The Labute approximate surface area is 257 Å². The molecule has 0 heteroatoms. The number of benzene rings is 8. The summed E-state index contributed by atoms with van der Waals surface area (Å²) in [5, 5.41) is 5.25. The number of rotatable bonds is 4. The first-order valence-electron chi connectivity index (χ1n) is 15.3. The molecule has 0 heterocycles. The van der Waals surface area contributed by atoms with E-state index < -0.39 is 0 Å². The van der Waals surface area contributed by atoms with E-state index in [0.29, 0.717) is 0 Å². The van der Waals surface area contributed by atoms with Gasteiger partial charge in [-0.3, -0.25) is 0 Å². The Morgan fingerprint density at radius 1 is 0.205 bits per heavy atom. The molecule has 0 amide bonds. The molecule has 0 nitrogen and oxygen atoms in total. The van der Waals surface area contributed by atoms with Gasteiger partial charge in [0.25, 0.3) is 0 Å². The lowest BCUT2D eigenvalue weighted by Gasteiger charge is -2.24. The second-order valence-electron chi connectivity index (χ2n) is 11.6. The fourth-order valence-electron chi connectivity index (χ4n) is 7.49. The molecule has 8 aromatic carbocycles. The van der Waals surface area contributed by atoms with Crippen LogP contribution in [0.3, 0.4) is 0 Å². The van der Waals surface area contributed by atoms with Gasteiger partial charge in [-0.25, -0.2) is 0 Å². The molecular formula is C44H28. The molecule has 9 rings (SSSR count). The van der Waals surface area contributed by atoms with Crippen LogP contribution in [0.25, 0.3) is 88.3 Å². The van der Waals surface area contributed by atoms with Crippen molar-refractivity contribution in [3.63, 3.8) is 0 Å². The van der Waals surface area contributed by atoms with E-state index in [0.717, 1.165) is 0 Å². The van der Waals surface area contributed by atoms with Crippen molar-refractivity contribution in [3.8, 4) is 66.8 Å². The van der Waals surface area contributed by atoms with Gasteiger partial charge in [0.15, 0.2) is 0 Å². The van der Waals surface area contributed by atoms with E-state index >= 15 is 0 Å². The Balaban J connectivity index is 1.65. The predicted octanol–water partition coefficient (Wildman–Crippen LogP) is 12.3. The lowest BCUT2D eigenvalue weighted by molar-refractivity contribution is 1.59. The zero-order valence-corrected chi connectivity index (χ0v) is 24.2. The van der Waals surface area contributed by atoms with Crippen molar-refractivity contribution in [3.05, 3.63) is 170 Å². The quantitative estimate of drug-likeness (QED) is 0.189. The highest BCUT2D eigenvalue weighted by Crippen LogP contribution is 2.61. The zero-order valence-electron chi connectivity index (χ0n) is 24.2. The van der Waals surface area contributed by atoms with E-state index in [1.165, 1.54) is 88.3 Å². The highest BCUT2D eigenvalue weighted by atomic mass is 14.4. The highest BCUT2D eigenvalue weighted by Gasteiger charge is 2.33. The monoisotopic (exact) mass is 556 g/mol. The van der Waals surface area contributed by atoms with Gasteiger partial charge in [0, 0.05) is 0 Å². The molecule has 0 radical (unpaired) electrons. The van der Waals surface area contributed by atoms with E-state index in [4.69, 9.17) is 0 Å². The first-order chi connectivity index (χ1) is 21.9. The molecule has 0 saturated carbocycles. The molecule has 0 fully saturated rings. The summed E-state index contributed by atoms with van der Waals surface area (Å²) in [5.41, 5.74) is 15.4. The van der Waals surface area contributed by atoms with E-state index in [-0.39, 0.29) is 0 Å². The van der Waals surface area contributed by atoms with Crippen molar-refractivity contribution in [2.75, 3.05) is 0 Å². The van der Waals surface area contributed by atoms with Gasteiger partial charge in [-0.1, -0.05) is 170 Å². The summed E-state index contributed by atoms with van der Waals surface area (Å²) in [7, 11) is 0. The summed E-state index contributed by atoms with van der Waals surface area (Å²) in [5.74, 6) is 0. The third-order valence-electron chi connectivity index (χ3n) is 9.18. The maximum Gasteiger partial charge on any atom is -0.0000717 e. The van der Waals surface area contributed by atoms with Crippen molar-refractivity contribution >= 4 is 21.5 Å². The Kier molecular flexibility index (Phi) is 5.61. The van der Waals surface area contributed by atoms with E-state index in [9.17, 15) is 0 Å². The van der Waals surface area contributed by atoms with Gasteiger partial charge in [-0.05, 0) is 88.3 Å². The lowest BCUT2D eigenvalue weighted by atomic mass is 9.78. The molecule has 1 aliphatic rings. The molecule has 8 aromatic rings. The van der Waals surface area contributed by atoms with Crippen LogP contribution in [0.4, 0.5) is 0 Å². The Hall–Kier alpha value is -5.72. The molecule has 44 heavy (non-hydrogen) atoms. The summed E-state index contributed by atoms with van der Waals surface area (Å²) in [6.45, 7) is 0. The lowest BCUT2D eigenvalue weighted by Crippen LogP contribution is -1.97. The number of fused-ring (bicyclic) bond motifs is 5. The molecule has 0 N–H and O–H groups in total. The van der Waals surface area contributed by atoms with Crippen molar-refractivity contribution < 1.29 is 0 Å². The fraction of sp³-hybridized carbons (Fsp3) is 0. The normalized spacial score (nSPS) is 11.6. The van der Waals surface area contributed by atoms with Gasteiger partial charge in [0.05, 0.1) is 0 Å². The van der Waals surface area contributed by atoms with Crippen LogP contribution in [0, 0.1) is 0 Å². The summed E-state index contributed by atoms with van der Waals surface area (Å²) in [6, 6.07) is 62.0. The van der Waals surface area contributed by atoms with Crippen molar-refractivity contribution in [1.82, 2.24) is 0 Å². The first-order valence-corrected chi connectivity index (χ1v) is 15.3. The SMILES string of the molecule is c1ccc(-c2c(-c3ccccc3)c(-c3ccccc3)c3c4c2-c2ccccc2-c4c(-c2ccccc2)c2ccccc23)cc1. The van der Waals surface area contributed by atoms with Gasteiger partial charge in [-0.2, -0.15) is 0 Å². The van der Waals surface area contributed by atoms with Crippen LogP contribution in [0.2, 0.25) is 0 Å². The maximum atomic E-state index is 2.33. The minimum atomic E-state index is 1.23. The molecule has 204 valence electrons. The molecule has 0 aliphatic heterocycles. The van der Waals surface area contributed by atoms with Gasteiger partial charge in [0.1, 0.15) is 0 Å². The Bertz CT molecular complexity index is 2330. The van der Waals surface area contributed by atoms with Crippen molar-refractivity contribution in [2.45, 2.75) is 0 Å². The van der Waals surface area contributed by atoms with Crippen LogP contribution in [0.15, 0.2) is 170 Å². The molecule has 0 unspecified atom stereocenters. The third-order valence-corrected chi connectivity index (χ3v) is 9.18. The average Bonchev–Trinajstić information content (AvgIpc) is 3.44. The van der Waals surface area contributed by atoms with E-state index in [2.05, 4.69) is 170 Å². The van der Waals surface area contributed by atoms with Crippen LogP contribution in [-0.4, -0.2) is 0 Å². The fourth-order valence-corrected chi connectivity index (χ4v) is 7.49. The largest absolute Gasteiger partial charge is 0.0622 e. The van der Waals surface area contributed by atoms with Crippen LogP contribution >= 0.6 is 0 Å². The van der Waals surface area contributed by atoms with E-state index in [1.54, 1.807) is 0 Å². The highest BCUT2D eigenvalue weighted by molar-refractivity contribution is 6.36. The summed E-state index contributed by atoms with van der Waals surface area (Å²) < 4.78 is 0. The van der Waals surface area contributed by atoms with Crippen LogP contribution in [0.5, 0.6) is 0 Å². The molecule has 0 bridgehead atoms. The minimum absolute atomic E-state index is 1.23. The molecule has 0 spiro atoms. The van der Waals surface area contributed by atoms with Gasteiger partial charge < -0.3 is 0 Å². The second kappa shape index (κ2) is 9.93. The molecule has 1 aliphatic carbocycles. The van der Waals surface area contributed by atoms with Gasteiger partial charge in [-0.15, -0.1) is 0 Å². The zero-order chi connectivity index (χ0) is 29.0. The van der Waals surface area contributed by atoms with Crippen LogP contribution < -0.4 is 0 Å². The molecular weight excluding hydrogens is 528 g/mol. The van der Waals surface area contributed by atoms with Crippen LogP contribution in [0.1, 0.15) is 0 Å². The predicted molar refractivity (Wildman–Crippen MR) is 188 cm³/mol. The van der Waals surface area contributed by atoms with Gasteiger partial charge in [0.2, 0.25) is 0 Å². The smallest absolute Gasteiger partial charge is 0.0000717 e. The maximum absolute atomic E-state index is 2.33. The number of hydrogen-bond donors (Lipinski definition) is 0. The average molecular weight is 557 g/mol. The van der Waals surface area contributed by atoms with Crippen LogP contribution in [-0.2, 0) is 0 Å².